The lowest BCUT2D eigenvalue weighted by atomic mass is 10.1. The second kappa shape index (κ2) is 6.55. The number of ether oxygens (including phenoxy) is 1. The van der Waals surface area contributed by atoms with Crippen LogP contribution in [0.4, 0.5) is 13.2 Å². The second-order valence-corrected chi connectivity index (χ2v) is 7.85. The smallest absolute Gasteiger partial charge is 0.435 e. The molecule has 6 nitrogen and oxygen atoms in total. The molecule has 0 spiro atoms. The van der Waals surface area contributed by atoms with Gasteiger partial charge in [0.1, 0.15) is 17.5 Å². The van der Waals surface area contributed by atoms with Crippen LogP contribution in [0.1, 0.15) is 23.1 Å². The molecule has 0 amide bonds. The first kappa shape index (κ1) is 18.4. The standard InChI is InChI=1S/C18H14F3N3O3S/c19-18(20,21)17-11-14(16-10-12-6-4-5-9-15(12)27-16)24(22-17)23-28(25,26)13-7-2-1-3-8-13/h1-9,11,16,23H,10H2. The molecule has 1 unspecified atom stereocenters. The van der Waals surface area contributed by atoms with Crippen LogP contribution in [0.5, 0.6) is 5.75 Å². The molecule has 0 radical (unpaired) electrons. The van der Waals surface area contributed by atoms with Crippen LogP contribution in [0.25, 0.3) is 0 Å². The SMILES string of the molecule is O=S(=O)(Nn1nc(C(F)(F)F)cc1C1Cc2ccccc2O1)c1ccccc1. The Morgan fingerprint density at radius 3 is 2.43 bits per heavy atom. The lowest BCUT2D eigenvalue weighted by molar-refractivity contribution is -0.141. The molecule has 1 aliphatic heterocycles. The average molecular weight is 409 g/mol. The van der Waals surface area contributed by atoms with Crippen LogP contribution in [-0.4, -0.2) is 18.3 Å². The van der Waals surface area contributed by atoms with Crippen LogP contribution < -0.4 is 9.57 Å². The molecule has 146 valence electrons. The average Bonchev–Trinajstić information content (AvgIpc) is 3.25. The van der Waals surface area contributed by atoms with Crippen molar-refractivity contribution < 1.29 is 26.3 Å². The minimum atomic E-state index is -4.73. The molecule has 1 aliphatic rings. The first-order valence-electron chi connectivity index (χ1n) is 8.24. The van der Waals surface area contributed by atoms with Gasteiger partial charge in [-0.1, -0.05) is 36.4 Å². The molecule has 1 atom stereocenters. The summed E-state index contributed by atoms with van der Waals surface area (Å²) in [7, 11) is -4.14. The Hall–Kier alpha value is -3.01. The van der Waals surface area contributed by atoms with E-state index in [4.69, 9.17) is 4.74 Å². The van der Waals surface area contributed by atoms with Crippen molar-refractivity contribution in [3.8, 4) is 5.75 Å². The number of benzene rings is 2. The molecule has 0 aliphatic carbocycles. The van der Waals surface area contributed by atoms with Crippen LogP contribution >= 0.6 is 0 Å². The molecule has 0 fully saturated rings. The number of nitrogens with zero attached hydrogens (tertiary/aromatic N) is 2. The zero-order valence-corrected chi connectivity index (χ0v) is 15.0. The molecule has 1 N–H and O–H groups in total. The van der Waals surface area contributed by atoms with Crippen LogP contribution in [-0.2, 0) is 22.6 Å². The summed E-state index contributed by atoms with van der Waals surface area (Å²) in [6.45, 7) is 0. The first-order chi connectivity index (χ1) is 13.2. The van der Waals surface area contributed by atoms with E-state index < -0.39 is 28.0 Å². The van der Waals surface area contributed by atoms with Crippen molar-refractivity contribution in [3.63, 3.8) is 0 Å². The molecule has 2 aromatic carbocycles. The van der Waals surface area contributed by atoms with Gasteiger partial charge in [0.25, 0.3) is 10.0 Å². The highest BCUT2D eigenvalue weighted by molar-refractivity contribution is 7.92. The maximum Gasteiger partial charge on any atom is 0.435 e. The molecule has 28 heavy (non-hydrogen) atoms. The van der Waals surface area contributed by atoms with Gasteiger partial charge in [-0.2, -0.15) is 31.2 Å². The minimum absolute atomic E-state index is 0.0389. The third-order valence-corrected chi connectivity index (χ3v) is 5.57. The van der Waals surface area contributed by atoms with E-state index in [1.165, 1.54) is 24.3 Å². The van der Waals surface area contributed by atoms with Gasteiger partial charge in [0, 0.05) is 6.42 Å². The predicted octanol–water partition coefficient (Wildman–Crippen LogP) is 3.51. The quantitative estimate of drug-likeness (QED) is 0.716. The normalized spacial score (nSPS) is 16.5. The van der Waals surface area contributed by atoms with Crippen molar-refractivity contribution >= 4 is 10.0 Å². The summed E-state index contributed by atoms with van der Waals surface area (Å²) in [6, 6.07) is 15.2. The van der Waals surface area contributed by atoms with E-state index in [0.717, 1.165) is 11.6 Å². The Kier molecular flexibility index (Phi) is 4.30. The van der Waals surface area contributed by atoms with E-state index in [9.17, 15) is 21.6 Å². The lowest BCUT2D eigenvalue weighted by Gasteiger charge is -2.15. The van der Waals surface area contributed by atoms with Crippen molar-refractivity contribution in [3.05, 3.63) is 77.6 Å². The Morgan fingerprint density at radius 2 is 1.75 bits per heavy atom. The zero-order valence-electron chi connectivity index (χ0n) is 14.2. The lowest BCUT2D eigenvalue weighted by Crippen LogP contribution is -2.28. The molecule has 1 aromatic heterocycles. The fraction of sp³-hybridized carbons (Fsp3) is 0.167. The van der Waals surface area contributed by atoms with E-state index in [-0.39, 0.29) is 10.6 Å². The molecule has 4 rings (SSSR count). The van der Waals surface area contributed by atoms with Crippen LogP contribution in [0.2, 0.25) is 0 Å². The summed E-state index contributed by atoms with van der Waals surface area (Å²) in [4.78, 5) is 2.63. The highest BCUT2D eigenvalue weighted by atomic mass is 32.2. The van der Waals surface area contributed by atoms with Crippen molar-refractivity contribution in [1.82, 2.24) is 9.89 Å². The van der Waals surface area contributed by atoms with Gasteiger partial charge in [0.2, 0.25) is 0 Å². The number of rotatable bonds is 4. The van der Waals surface area contributed by atoms with Crippen molar-refractivity contribution in [2.24, 2.45) is 0 Å². The summed E-state index contributed by atoms with van der Waals surface area (Å²) < 4.78 is 70.4. The van der Waals surface area contributed by atoms with Gasteiger partial charge < -0.3 is 4.74 Å². The molecular weight excluding hydrogens is 395 g/mol. The highest BCUT2D eigenvalue weighted by Gasteiger charge is 2.38. The number of aromatic nitrogens is 2. The number of para-hydroxylation sites is 1. The number of alkyl halides is 3. The molecule has 0 saturated carbocycles. The summed E-state index contributed by atoms with van der Waals surface area (Å²) in [5.41, 5.74) is -0.430. The predicted molar refractivity (Wildman–Crippen MR) is 93.7 cm³/mol. The van der Waals surface area contributed by atoms with Gasteiger partial charge in [0.15, 0.2) is 5.69 Å². The maximum atomic E-state index is 13.2. The molecule has 3 aromatic rings. The van der Waals surface area contributed by atoms with Crippen LogP contribution in [0, 0.1) is 0 Å². The zero-order chi connectivity index (χ0) is 19.9. The van der Waals surface area contributed by atoms with Crippen molar-refractivity contribution in [1.29, 1.82) is 0 Å². The van der Waals surface area contributed by atoms with Gasteiger partial charge in [-0.25, -0.2) is 0 Å². The molecule has 0 saturated heterocycles. The molecular formula is C18H14F3N3O3S. The van der Waals surface area contributed by atoms with Crippen LogP contribution in [0.15, 0.2) is 65.6 Å². The number of sulfonamides is 1. The molecule has 10 heteroatoms. The third-order valence-electron chi connectivity index (χ3n) is 4.26. The topological polar surface area (TPSA) is 73.2 Å². The fourth-order valence-corrected chi connectivity index (χ4v) is 3.94. The number of nitrogens with one attached hydrogen (secondary N) is 1. The summed E-state index contributed by atoms with van der Waals surface area (Å²) in [6.07, 6.45) is -5.24. The van der Waals surface area contributed by atoms with Gasteiger partial charge in [0.05, 0.1) is 4.90 Å². The van der Waals surface area contributed by atoms with Gasteiger partial charge in [-0.3, -0.25) is 0 Å². The number of halogens is 3. The van der Waals surface area contributed by atoms with Gasteiger partial charge >= 0.3 is 6.18 Å². The summed E-state index contributed by atoms with van der Waals surface area (Å²) in [5.74, 6) is 0.541. The fourth-order valence-electron chi connectivity index (χ4n) is 2.95. The summed E-state index contributed by atoms with van der Waals surface area (Å²) in [5, 5.41) is 3.42. The molecule has 2 heterocycles. The third kappa shape index (κ3) is 3.42. The number of hydrogen-bond acceptors (Lipinski definition) is 4. The second-order valence-electron chi connectivity index (χ2n) is 6.19. The number of fused-ring (bicyclic) bond motifs is 1. The van der Waals surface area contributed by atoms with Crippen molar-refractivity contribution in [2.75, 3.05) is 4.83 Å². The monoisotopic (exact) mass is 409 g/mol. The Bertz CT molecular complexity index is 1090. The Morgan fingerprint density at radius 1 is 1.07 bits per heavy atom. The first-order valence-corrected chi connectivity index (χ1v) is 9.72. The highest BCUT2D eigenvalue weighted by Crippen LogP contribution is 2.38. The number of hydrogen-bond donors (Lipinski definition) is 1. The molecule has 0 bridgehead atoms. The van der Waals surface area contributed by atoms with E-state index >= 15 is 0 Å². The summed E-state index contributed by atoms with van der Waals surface area (Å²) >= 11 is 0. The van der Waals surface area contributed by atoms with E-state index in [0.29, 0.717) is 17.0 Å². The van der Waals surface area contributed by atoms with E-state index in [1.807, 2.05) is 0 Å². The van der Waals surface area contributed by atoms with Crippen LogP contribution in [0.3, 0.4) is 0 Å². The van der Waals surface area contributed by atoms with Gasteiger partial charge in [-0.05, 0) is 29.8 Å². The largest absolute Gasteiger partial charge is 0.483 e. The van der Waals surface area contributed by atoms with E-state index in [1.54, 1.807) is 30.3 Å². The van der Waals surface area contributed by atoms with Gasteiger partial charge in [-0.15, -0.1) is 5.10 Å². The van der Waals surface area contributed by atoms with Crippen molar-refractivity contribution in [2.45, 2.75) is 23.6 Å². The minimum Gasteiger partial charge on any atom is -0.483 e. The Labute approximate surface area is 158 Å². The maximum absolute atomic E-state index is 13.2. The van der Waals surface area contributed by atoms with E-state index in [2.05, 4.69) is 9.93 Å². The Balaban J connectivity index is 1.72.